The maximum atomic E-state index is 11.9. The number of aromatic nitrogens is 1. The number of benzene rings is 1. The van der Waals surface area contributed by atoms with Gasteiger partial charge in [0.05, 0.1) is 19.2 Å². The Morgan fingerprint density at radius 1 is 1.38 bits per heavy atom. The van der Waals surface area contributed by atoms with Gasteiger partial charge in [0, 0.05) is 19.0 Å². The van der Waals surface area contributed by atoms with Crippen molar-refractivity contribution in [2.75, 3.05) is 26.0 Å². The second-order valence-corrected chi connectivity index (χ2v) is 5.34. The minimum atomic E-state index is -0.0159. The van der Waals surface area contributed by atoms with Crippen molar-refractivity contribution in [1.29, 1.82) is 0 Å². The number of anilines is 1. The third kappa shape index (κ3) is 4.46. The number of para-hydroxylation sites is 1. The van der Waals surface area contributed by atoms with E-state index in [1.54, 1.807) is 7.11 Å². The molecule has 2 rings (SSSR count). The molecule has 0 unspecified atom stereocenters. The zero-order valence-electron chi connectivity index (χ0n) is 12.2. The highest BCUT2D eigenvalue weighted by Gasteiger charge is 2.07. The zero-order valence-corrected chi connectivity index (χ0v) is 13.0. The van der Waals surface area contributed by atoms with Crippen LogP contribution in [0.1, 0.15) is 11.3 Å². The quantitative estimate of drug-likeness (QED) is 0.822. The van der Waals surface area contributed by atoms with Gasteiger partial charge in [0.2, 0.25) is 5.91 Å². The molecule has 2 N–H and O–H groups in total. The number of ether oxygens (including phenoxy) is 1. The van der Waals surface area contributed by atoms with E-state index < -0.39 is 0 Å². The number of amides is 1. The second kappa shape index (κ2) is 7.64. The molecule has 1 aromatic carbocycles. The molecule has 1 amide bonds. The fourth-order valence-corrected chi connectivity index (χ4v) is 2.65. The van der Waals surface area contributed by atoms with Gasteiger partial charge in [-0.2, -0.15) is 0 Å². The van der Waals surface area contributed by atoms with Gasteiger partial charge in [0.25, 0.3) is 0 Å². The summed E-state index contributed by atoms with van der Waals surface area (Å²) in [4.78, 5) is 16.1. The number of hydrogen-bond donors (Lipinski definition) is 2. The van der Waals surface area contributed by atoms with Crippen LogP contribution in [-0.2, 0) is 17.6 Å². The molecular formula is C15H19N3O2S. The third-order valence-electron chi connectivity index (χ3n) is 3.02. The smallest absolute Gasteiger partial charge is 0.226 e. The van der Waals surface area contributed by atoms with Crippen LogP contribution < -0.4 is 15.4 Å². The fraction of sp³-hybridized carbons (Fsp3) is 0.333. The Hall–Kier alpha value is -2.08. The molecule has 0 radical (unpaired) electrons. The van der Waals surface area contributed by atoms with E-state index >= 15 is 0 Å². The van der Waals surface area contributed by atoms with E-state index in [9.17, 15) is 4.79 Å². The summed E-state index contributed by atoms with van der Waals surface area (Å²) < 4.78 is 5.29. The van der Waals surface area contributed by atoms with Crippen LogP contribution in [0, 0.1) is 0 Å². The third-order valence-corrected chi connectivity index (χ3v) is 3.92. The van der Waals surface area contributed by atoms with Gasteiger partial charge in [-0.25, -0.2) is 4.98 Å². The molecule has 6 heteroatoms. The van der Waals surface area contributed by atoms with Crippen LogP contribution in [0.15, 0.2) is 29.6 Å². The van der Waals surface area contributed by atoms with E-state index in [0.29, 0.717) is 13.0 Å². The summed E-state index contributed by atoms with van der Waals surface area (Å²) in [6, 6.07) is 7.83. The molecule has 2 aromatic rings. The molecule has 0 atom stereocenters. The van der Waals surface area contributed by atoms with Crippen LogP contribution in [0.4, 0.5) is 5.13 Å². The van der Waals surface area contributed by atoms with Crippen LogP contribution in [-0.4, -0.2) is 31.6 Å². The van der Waals surface area contributed by atoms with Crippen LogP contribution in [0.5, 0.6) is 5.75 Å². The lowest BCUT2D eigenvalue weighted by atomic mass is 10.1. The molecule has 0 aliphatic rings. The normalized spacial score (nSPS) is 10.2. The first-order valence-electron chi connectivity index (χ1n) is 6.73. The highest BCUT2D eigenvalue weighted by molar-refractivity contribution is 7.13. The molecule has 0 aliphatic carbocycles. The maximum Gasteiger partial charge on any atom is 0.226 e. The number of nitrogens with one attached hydrogen (secondary N) is 2. The van der Waals surface area contributed by atoms with Crippen molar-refractivity contribution in [2.24, 2.45) is 0 Å². The highest BCUT2D eigenvalue weighted by Crippen LogP contribution is 2.17. The molecule has 1 heterocycles. The number of carbonyl (C=O) groups excluding carboxylic acids is 1. The average Bonchev–Trinajstić information content (AvgIpc) is 2.95. The molecule has 0 saturated carbocycles. The van der Waals surface area contributed by atoms with Gasteiger partial charge in [0.1, 0.15) is 5.75 Å². The predicted octanol–water partition coefficient (Wildman–Crippen LogP) is 2.09. The van der Waals surface area contributed by atoms with Crippen molar-refractivity contribution >= 4 is 22.4 Å². The number of nitrogens with zero attached hydrogens (tertiary/aromatic N) is 1. The standard InChI is InChI=1S/C15H19N3O2S/c1-16-15-18-12(10-21-15)9-14(19)17-8-7-11-5-3-4-6-13(11)20-2/h3-6,10H,7-9H2,1-2H3,(H,16,18)(H,17,19). The molecule has 0 saturated heterocycles. The lowest BCUT2D eigenvalue weighted by molar-refractivity contribution is -0.120. The number of hydrogen-bond acceptors (Lipinski definition) is 5. The first-order valence-corrected chi connectivity index (χ1v) is 7.61. The Kier molecular flexibility index (Phi) is 5.57. The van der Waals surface area contributed by atoms with Crippen molar-refractivity contribution in [3.05, 3.63) is 40.9 Å². The summed E-state index contributed by atoms with van der Waals surface area (Å²) in [6.45, 7) is 0.586. The minimum Gasteiger partial charge on any atom is -0.496 e. The summed E-state index contributed by atoms with van der Waals surface area (Å²) in [7, 11) is 3.47. The molecule has 112 valence electrons. The largest absolute Gasteiger partial charge is 0.496 e. The van der Waals surface area contributed by atoms with E-state index in [-0.39, 0.29) is 5.91 Å². The van der Waals surface area contributed by atoms with Gasteiger partial charge in [0.15, 0.2) is 5.13 Å². The first-order chi connectivity index (χ1) is 10.2. The minimum absolute atomic E-state index is 0.0159. The van der Waals surface area contributed by atoms with Crippen molar-refractivity contribution in [3.63, 3.8) is 0 Å². The zero-order chi connectivity index (χ0) is 15.1. The predicted molar refractivity (Wildman–Crippen MR) is 85.1 cm³/mol. The van der Waals surface area contributed by atoms with Crippen LogP contribution in [0.3, 0.4) is 0 Å². The van der Waals surface area contributed by atoms with Gasteiger partial charge >= 0.3 is 0 Å². The number of thiazole rings is 1. The van der Waals surface area contributed by atoms with Gasteiger partial charge in [-0.15, -0.1) is 11.3 Å². The Balaban J connectivity index is 1.79. The van der Waals surface area contributed by atoms with Crippen molar-refractivity contribution < 1.29 is 9.53 Å². The molecule has 0 fully saturated rings. The number of methoxy groups -OCH3 is 1. The van der Waals surface area contributed by atoms with Crippen molar-refractivity contribution in [3.8, 4) is 5.75 Å². The van der Waals surface area contributed by atoms with E-state index in [1.165, 1.54) is 11.3 Å². The Morgan fingerprint density at radius 2 is 2.19 bits per heavy atom. The summed E-state index contributed by atoms with van der Waals surface area (Å²) >= 11 is 1.50. The summed E-state index contributed by atoms with van der Waals surface area (Å²) in [5.41, 5.74) is 1.88. The lowest BCUT2D eigenvalue weighted by Crippen LogP contribution is -2.27. The molecule has 21 heavy (non-hydrogen) atoms. The average molecular weight is 305 g/mol. The Morgan fingerprint density at radius 3 is 2.90 bits per heavy atom. The summed E-state index contributed by atoms with van der Waals surface area (Å²) in [5.74, 6) is 0.836. The monoisotopic (exact) mass is 305 g/mol. The van der Waals surface area contributed by atoms with E-state index in [1.807, 2.05) is 36.7 Å². The summed E-state index contributed by atoms with van der Waals surface area (Å²) in [5, 5.41) is 8.59. The van der Waals surface area contributed by atoms with E-state index in [0.717, 1.165) is 28.6 Å². The highest BCUT2D eigenvalue weighted by atomic mass is 32.1. The first kappa shape index (κ1) is 15.3. The van der Waals surface area contributed by atoms with Gasteiger partial charge in [-0.3, -0.25) is 4.79 Å². The van der Waals surface area contributed by atoms with E-state index in [2.05, 4.69) is 15.6 Å². The van der Waals surface area contributed by atoms with Gasteiger partial charge < -0.3 is 15.4 Å². The van der Waals surface area contributed by atoms with Crippen LogP contribution in [0.25, 0.3) is 0 Å². The Bertz CT molecular complexity index is 598. The fourth-order valence-electron chi connectivity index (χ4n) is 1.98. The second-order valence-electron chi connectivity index (χ2n) is 4.48. The molecule has 0 spiro atoms. The molecule has 0 aliphatic heterocycles. The van der Waals surface area contributed by atoms with Gasteiger partial charge in [-0.05, 0) is 18.1 Å². The van der Waals surface area contributed by atoms with Crippen molar-refractivity contribution in [1.82, 2.24) is 10.3 Å². The van der Waals surface area contributed by atoms with Crippen LogP contribution in [0.2, 0.25) is 0 Å². The lowest BCUT2D eigenvalue weighted by Gasteiger charge is -2.08. The summed E-state index contributed by atoms with van der Waals surface area (Å²) in [6.07, 6.45) is 1.05. The van der Waals surface area contributed by atoms with E-state index in [4.69, 9.17) is 4.74 Å². The molecule has 1 aromatic heterocycles. The molecule has 0 bridgehead atoms. The van der Waals surface area contributed by atoms with Crippen LogP contribution >= 0.6 is 11.3 Å². The molecular weight excluding hydrogens is 286 g/mol. The SMILES string of the molecule is CNc1nc(CC(=O)NCCc2ccccc2OC)cs1. The topological polar surface area (TPSA) is 63.2 Å². The molecule has 5 nitrogen and oxygen atoms in total. The Labute approximate surface area is 128 Å². The van der Waals surface area contributed by atoms with Crippen molar-refractivity contribution in [2.45, 2.75) is 12.8 Å². The number of rotatable bonds is 7. The maximum absolute atomic E-state index is 11.9. The number of carbonyl (C=O) groups is 1. The van der Waals surface area contributed by atoms with Gasteiger partial charge in [-0.1, -0.05) is 18.2 Å².